The third-order valence-electron chi connectivity index (χ3n) is 3.66. The van der Waals surface area contributed by atoms with Crippen molar-refractivity contribution in [2.45, 2.75) is 33.1 Å². The predicted molar refractivity (Wildman–Crippen MR) is 78.5 cm³/mol. The summed E-state index contributed by atoms with van der Waals surface area (Å²) in [6, 6.07) is 6.88. The van der Waals surface area contributed by atoms with Gasteiger partial charge >= 0.3 is 0 Å². The van der Waals surface area contributed by atoms with E-state index in [0.717, 1.165) is 18.6 Å². The van der Waals surface area contributed by atoms with Crippen LogP contribution in [0.2, 0.25) is 5.02 Å². The normalized spacial score (nSPS) is 25.3. The van der Waals surface area contributed by atoms with Crippen molar-refractivity contribution in [2.75, 3.05) is 0 Å². The van der Waals surface area contributed by atoms with E-state index in [1.165, 1.54) is 6.42 Å². The molecule has 1 aromatic rings. The Hall–Kier alpha value is -1.35. The minimum absolute atomic E-state index is 0.208. The lowest BCUT2D eigenvalue weighted by molar-refractivity contribution is 0.0954. The molecular weight excluding hydrogens is 260 g/mol. The van der Waals surface area contributed by atoms with E-state index in [4.69, 9.17) is 11.6 Å². The van der Waals surface area contributed by atoms with Crippen molar-refractivity contribution in [2.24, 2.45) is 16.9 Å². The summed E-state index contributed by atoms with van der Waals surface area (Å²) in [4.78, 5) is 12.0. The van der Waals surface area contributed by atoms with Crippen LogP contribution in [0.1, 0.15) is 43.5 Å². The van der Waals surface area contributed by atoms with Crippen molar-refractivity contribution in [3.8, 4) is 0 Å². The van der Waals surface area contributed by atoms with Gasteiger partial charge in [0.25, 0.3) is 5.91 Å². The highest BCUT2D eigenvalue weighted by Gasteiger charge is 2.23. The van der Waals surface area contributed by atoms with E-state index in [2.05, 4.69) is 24.4 Å². The molecule has 2 atom stereocenters. The lowest BCUT2D eigenvalue weighted by Gasteiger charge is -2.26. The van der Waals surface area contributed by atoms with Gasteiger partial charge in [0, 0.05) is 16.3 Å². The Kier molecular flexibility index (Phi) is 4.59. The lowest BCUT2D eigenvalue weighted by Crippen LogP contribution is -2.29. The summed E-state index contributed by atoms with van der Waals surface area (Å²) < 4.78 is 0. The molecule has 0 bridgehead atoms. The Morgan fingerprint density at radius 1 is 1.32 bits per heavy atom. The summed E-state index contributed by atoms with van der Waals surface area (Å²) in [5, 5.41) is 4.88. The number of benzene rings is 1. The Bertz CT molecular complexity index is 487. The van der Waals surface area contributed by atoms with Gasteiger partial charge in [0.1, 0.15) is 0 Å². The zero-order chi connectivity index (χ0) is 13.8. The average Bonchev–Trinajstić information content (AvgIpc) is 2.38. The fraction of sp³-hybridized carbons (Fsp3) is 0.467. The van der Waals surface area contributed by atoms with Gasteiger partial charge in [-0.25, -0.2) is 5.43 Å². The van der Waals surface area contributed by atoms with E-state index in [-0.39, 0.29) is 5.91 Å². The van der Waals surface area contributed by atoms with Gasteiger partial charge in [-0.1, -0.05) is 37.9 Å². The molecule has 1 amide bonds. The number of hydrogen-bond donors (Lipinski definition) is 1. The number of halogens is 1. The molecule has 3 nitrogen and oxygen atoms in total. The van der Waals surface area contributed by atoms with E-state index in [9.17, 15) is 4.79 Å². The van der Waals surface area contributed by atoms with Crippen LogP contribution < -0.4 is 5.43 Å². The summed E-state index contributed by atoms with van der Waals surface area (Å²) in [5.41, 5.74) is 4.28. The molecule has 0 aromatic heterocycles. The number of amides is 1. The minimum Gasteiger partial charge on any atom is -0.267 e. The standard InChI is InChI=1S/C15H19ClN2O/c1-10-5-3-6-11(2)14(10)17-18-15(19)12-7-4-8-13(16)9-12/h4,7-11H,3,5-6H2,1-2H3,(H,18,19)/t10-,11+. The van der Waals surface area contributed by atoms with Gasteiger partial charge in [-0.2, -0.15) is 5.10 Å². The van der Waals surface area contributed by atoms with Crippen LogP contribution in [0.4, 0.5) is 0 Å². The smallest absolute Gasteiger partial charge is 0.267 e. The molecule has 102 valence electrons. The molecule has 19 heavy (non-hydrogen) atoms. The first-order valence-corrected chi connectivity index (χ1v) is 7.09. The molecule has 1 fully saturated rings. The second-order valence-corrected chi connectivity index (χ2v) is 5.66. The van der Waals surface area contributed by atoms with Crippen molar-refractivity contribution in [1.29, 1.82) is 0 Å². The average molecular weight is 279 g/mol. The molecule has 0 radical (unpaired) electrons. The molecule has 1 aliphatic carbocycles. The van der Waals surface area contributed by atoms with E-state index in [1.807, 2.05) is 0 Å². The number of nitrogens with one attached hydrogen (secondary N) is 1. The van der Waals surface area contributed by atoms with Crippen LogP contribution in [-0.2, 0) is 0 Å². The van der Waals surface area contributed by atoms with Crippen LogP contribution in [0.5, 0.6) is 0 Å². The van der Waals surface area contributed by atoms with Crippen LogP contribution in [-0.4, -0.2) is 11.6 Å². The first-order valence-electron chi connectivity index (χ1n) is 6.71. The highest BCUT2D eigenvalue weighted by Crippen LogP contribution is 2.25. The molecule has 0 unspecified atom stereocenters. The fourth-order valence-corrected chi connectivity index (χ4v) is 2.73. The number of carbonyl (C=O) groups excluding carboxylic acids is 1. The molecule has 2 rings (SSSR count). The Labute approximate surface area is 119 Å². The SMILES string of the molecule is C[C@@H]1CCC[C@H](C)C1=NNC(=O)c1cccc(Cl)c1. The van der Waals surface area contributed by atoms with Crippen LogP contribution in [0.15, 0.2) is 29.4 Å². The molecule has 4 heteroatoms. The van der Waals surface area contributed by atoms with Gasteiger partial charge in [0.2, 0.25) is 0 Å². The van der Waals surface area contributed by atoms with Crippen molar-refractivity contribution in [3.63, 3.8) is 0 Å². The summed E-state index contributed by atoms with van der Waals surface area (Å²) in [6.45, 7) is 4.33. The van der Waals surface area contributed by atoms with Crippen molar-refractivity contribution < 1.29 is 4.79 Å². The van der Waals surface area contributed by atoms with E-state index in [1.54, 1.807) is 24.3 Å². The fourth-order valence-electron chi connectivity index (χ4n) is 2.54. The number of hydrazone groups is 1. The van der Waals surface area contributed by atoms with Crippen LogP contribution in [0, 0.1) is 11.8 Å². The monoisotopic (exact) mass is 278 g/mol. The molecule has 1 saturated carbocycles. The second-order valence-electron chi connectivity index (χ2n) is 5.22. The lowest BCUT2D eigenvalue weighted by atomic mass is 9.81. The zero-order valence-electron chi connectivity index (χ0n) is 11.3. The van der Waals surface area contributed by atoms with Crippen LogP contribution in [0.25, 0.3) is 0 Å². The zero-order valence-corrected chi connectivity index (χ0v) is 12.1. The summed E-state index contributed by atoms with van der Waals surface area (Å²) in [5.74, 6) is 0.687. The first-order chi connectivity index (χ1) is 9.08. The predicted octanol–water partition coefficient (Wildman–Crippen LogP) is 3.88. The van der Waals surface area contributed by atoms with Gasteiger partial charge in [-0.3, -0.25) is 4.79 Å². The van der Waals surface area contributed by atoms with E-state index < -0.39 is 0 Å². The van der Waals surface area contributed by atoms with Crippen LogP contribution in [0.3, 0.4) is 0 Å². The van der Waals surface area contributed by atoms with Crippen molar-refractivity contribution >= 4 is 23.2 Å². The highest BCUT2D eigenvalue weighted by atomic mass is 35.5. The quantitative estimate of drug-likeness (QED) is 0.820. The number of carbonyl (C=O) groups is 1. The molecular formula is C15H19ClN2O. The third-order valence-corrected chi connectivity index (χ3v) is 3.89. The van der Waals surface area contributed by atoms with E-state index >= 15 is 0 Å². The highest BCUT2D eigenvalue weighted by molar-refractivity contribution is 6.30. The molecule has 0 heterocycles. The molecule has 0 saturated heterocycles. The van der Waals surface area contributed by atoms with Gasteiger partial charge < -0.3 is 0 Å². The molecule has 1 aromatic carbocycles. The maximum Gasteiger partial charge on any atom is 0.271 e. The molecule has 1 aliphatic rings. The second kappa shape index (κ2) is 6.20. The van der Waals surface area contributed by atoms with Crippen molar-refractivity contribution in [1.82, 2.24) is 5.43 Å². The summed E-state index contributed by atoms with van der Waals surface area (Å²) in [7, 11) is 0. The maximum atomic E-state index is 12.0. The van der Waals surface area contributed by atoms with Crippen molar-refractivity contribution in [3.05, 3.63) is 34.9 Å². The maximum absolute atomic E-state index is 12.0. The Morgan fingerprint density at radius 3 is 2.63 bits per heavy atom. The number of rotatable bonds is 2. The number of nitrogens with zero attached hydrogens (tertiary/aromatic N) is 1. The van der Waals surface area contributed by atoms with Gasteiger partial charge in [-0.05, 0) is 42.9 Å². The molecule has 0 aliphatic heterocycles. The van der Waals surface area contributed by atoms with Gasteiger partial charge in [0.15, 0.2) is 0 Å². The Morgan fingerprint density at radius 2 is 2.00 bits per heavy atom. The van der Waals surface area contributed by atoms with Gasteiger partial charge in [0.05, 0.1) is 0 Å². The topological polar surface area (TPSA) is 41.5 Å². The summed E-state index contributed by atoms with van der Waals surface area (Å²) in [6.07, 6.45) is 3.54. The molecule has 1 N–H and O–H groups in total. The number of hydrogen-bond acceptors (Lipinski definition) is 2. The van der Waals surface area contributed by atoms with Gasteiger partial charge in [-0.15, -0.1) is 0 Å². The largest absolute Gasteiger partial charge is 0.271 e. The minimum atomic E-state index is -0.208. The third kappa shape index (κ3) is 3.57. The van der Waals surface area contributed by atoms with E-state index in [0.29, 0.717) is 22.4 Å². The first kappa shape index (κ1) is 14.1. The molecule has 0 spiro atoms. The van der Waals surface area contributed by atoms with Crippen LogP contribution >= 0.6 is 11.6 Å². The Balaban J connectivity index is 2.06. The summed E-state index contributed by atoms with van der Waals surface area (Å²) >= 11 is 5.87.